The highest BCUT2D eigenvalue weighted by atomic mass is 15.2. The van der Waals surface area contributed by atoms with Crippen LogP contribution in [0.3, 0.4) is 0 Å². The number of aromatic nitrogens is 1. The average molecular weight is 233 g/mol. The summed E-state index contributed by atoms with van der Waals surface area (Å²) in [4.78, 5) is 6.65. The molecule has 1 aromatic rings. The molecule has 0 amide bonds. The first-order chi connectivity index (χ1) is 8.18. The van der Waals surface area contributed by atoms with Crippen molar-refractivity contribution >= 4 is 0 Å². The second-order valence-electron chi connectivity index (χ2n) is 5.44. The molecule has 1 aromatic heterocycles. The van der Waals surface area contributed by atoms with E-state index in [1.54, 1.807) is 0 Å². The van der Waals surface area contributed by atoms with Crippen molar-refractivity contribution in [3.8, 4) is 0 Å². The molecule has 1 saturated heterocycles. The van der Waals surface area contributed by atoms with E-state index in [0.29, 0.717) is 5.54 Å². The summed E-state index contributed by atoms with van der Waals surface area (Å²) >= 11 is 0. The quantitative estimate of drug-likeness (QED) is 0.858. The zero-order valence-electron chi connectivity index (χ0n) is 10.9. The number of hydrogen-bond acceptors (Lipinski definition) is 3. The molecular weight excluding hydrogens is 210 g/mol. The molecule has 0 unspecified atom stereocenters. The zero-order chi connectivity index (χ0) is 12.1. The summed E-state index contributed by atoms with van der Waals surface area (Å²) in [6, 6.07) is 4.23. The van der Waals surface area contributed by atoms with Gasteiger partial charge in [-0.3, -0.25) is 9.88 Å². The Morgan fingerprint density at radius 2 is 2.12 bits per heavy atom. The molecule has 1 aliphatic rings. The monoisotopic (exact) mass is 233 g/mol. The number of rotatable bonds is 4. The van der Waals surface area contributed by atoms with E-state index in [1.807, 2.05) is 12.4 Å². The van der Waals surface area contributed by atoms with Crippen molar-refractivity contribution in [3.05, 3.63) is 30.1 Å². The summed E-state index contributed by atoms with van der Waals surface area (Å²) in [7, 11) is 0. The maximum atomic E-state index is 4.05. The lowest BCUT2D eigenvalue weighted by molar-refractivity contribution is 0.0895. The van der Waals surface area contributed by atoms with Crippen LogP contribution in [0.2, 0.25) is 0 Å². The van der Waals surface area contributed by atoms with E-state index in [2.05, 4.69) is 41.2 Å². The van der Waals surface area contributed by atoms with Crippen LogP contribution in [-0.2, 0) is 6.42 Å². The van der Waals surface area contributed by atoms with Crippen molar-refractivity contribution in [2.24, 2.45) is 0 Å². The van der Waals surface area contributed by atoms with Crippen molar-refractivity contribution in [1.82, 2.24) is 15.2 Å². The molecule has 0 saturated carbocycles. The molecule has 0 aromatic carbocycles. The second-order valence-corrected chi connectivity index (χ2v) is 5.44. The van der Waals surface area contributed by atoms with E-state index in [0.717, 1.165) is 19.5 Å². The van der Waals surface area contributed by atoms with Gasteiger partial charge in [0, 0.05) is 37.6 Å². The summed E-state index contributed by atoms with van der Waals surface area (Å²) in [6.45, 7) is 9.23. The van der Waals surface area contributed by atoms with Gasteiger partial charge in [0.05, 0.1) is 0 Å². The van der Waals surface area contributed by atoms with Gasteiger partial charge in [-0.15, -0.1) is 0 Å². The van der Waals surface area contributed by atoms with Crippen LogP contribution in [0.15, 0.2) is 24.5 Å². The van der Waals surface area contributed by atoms with Crippen molar-refractivity contribution < 1.29 is 0 Å². The summed E-state index contributed by atoms with van der Waals surface area (Å²) in [6.07, 6.45) is 6.14. The van der Waals surface area contributed by atoms with Crippen LogP contribution in [0.1, 0.15) is 25.8 Å². The van der Waals surface area contributed by atoms with Gasteiger partial charge in [0.2, 0.25) is 0 Å². The van der Waals surface area contributed by atoms with Crippen LogP contribution in [0, 0.1) is 0 Å². The van der Waals surface area contributed by atoms with E-state index in [-0.39, 0.29) is 0 Å². The number of nitrogens with zero attached hydrogens (tertiary/aromatic N) is 2. The Hall–Kier alpha value is -0.930. The Labute approximate surface area is 104 Å². The number of piperazine rings is 1. The Morgan fingerprint density at radius 3 is 2.82 bits per heavy atom. The lowest BCUT2D eigenvalue weighted by atomic mass is 9.99. The lowest BCUT2D eigenvalue weighted by Gasteiger charge is -2.43. The normalized spacial score (nSPS) is 20.4. The maximum Gasteiger partial charge on any atom is 0.0278 e. The molecule has 1 aliphatic heterocycles. The minimum Gasteiger partial charge on any atom is -0.314 e. The fraction of sp³-hybridized carbons (Fsp3) is 0.643. The highest BCUT2D eigenvalue weighted by Crippen LogP contribution is 2.16. The Morgan fingerprint density at radius 1 is 1.35 bits per heavy atom. The zero-order valence-corrected chi connectivity index (χ0v) is 10.9. The van der Waals surface area contributed by atoms with Crippen LogP contribution in [0.5, 0.6) is 0 Å². The Bertz CT molecular complexity index is 335. The third-order valence-corrected chi connectivity index (χ3v) is 3.62. The second kappa shape index (κ2) is 5.61. The van der Waals surface area contributed by atoms with Crippen LogP contribution in [0.4, 0.5) is 0 Å². The maximum absolute atomic E-state index is 4.05. The first-order valence-electron chi connectivity index (χ1n) is 6.53. The van der Waals surface area contributed by atoms with E-state index in [1.165, 1.54) is 25.1 Å². The molecular formula is C14H23N3. The molecule has 1 N–H and O–H groups in total. The minimum atomic E-state index is 0.302. The third kappa shape index (κ3) is 3.51. The highest BCUT2D eigenvalue weighted by molar-refractivity contribution is 5.09. The first kappa shape index (κ1) is 12.5. The molecule has 3 nitrogen and oxygen atoms in total. The first-order valence-corrected chi connectivity index (χ1v) is 6.53. The van der Waals surface area contributed by atoms with E-state index in [9.17, 15) is 0 Å². The summed E-state index contributed by atoms with van der Waals surface area (Å²) in [5.41, 5.74) is 1.70. The van der Waals surface area contributed by atoms with Gasteiger partial charge in [-0.2, -0.15) is 0 Å². The predicted molar refractivity (Wildman–Crippen MR) is 71.1 cm³/mol. The van der Waals surface area contributed by atoms with Gasteiger partial charge >= 0.3 is 0 Å². The van der Waals surface area contributed by atoms with Gasteiger partial charge in [0.1, 0.15) is 0 Å². The van der Waals surface area contributed by atoms with Gasteiger partial charge in [0.15, 0.2) is 0 Å². The van der Waals surface area contributed by atoms with Gasteiger partial charge in [0.25, 0.3) is 0 Å². The highest BCUT2D eigenvalue weighted by Gasteiger charge is 2.28. The summed E-state index contributed by atoms with van der Waals surface area (Å²) in [5.74, 6) is 0. The molecule has 17 heavy (non-hydrogen) atoms. The molecule has 0 aliphatic carbocycles. The van der Waals surface area contributed by atoms with E-state index in [4.69, 9.17) is 0 Å². The SMILES string of the molecule is CC1(C)CNCCN1CCCc1ccncc1. The van der Waals surface area contributed by atoms with E-state index < -0.39 is 0 Å². The van der Waals surface area contributed by atoms with Gasteiger partial charge < -0.3 is 5.32 Å². The molecule has 2 heterocycles. The van der Waals surface area contributed by atoms with Crippen molar-refractivity contribution in [1.29, 1.82) is 0 Å². The third-order valence-electron chi connectivity index (χ3n) is 3.62. The molecule has 1 fully saturated rings. The minimum absolute atomic E-state index is 0.302. The molecule has 0 radical (unpaired) electrons. The van der Waals surface area contributed by atoms with Crippen molar-refractivity contribution in [2.75, 3.05) is 26.2 Å². The molecule has 0 bridgehead atoms. The molecule has 94 valence electrons. The molecule has 0 spiro atoms. The molecule has 2 rings (SSSR count). The topological polar surface area (TPSA) is 28.2 Å². The standard InChI is InChI=1S/C14H23N3/c1-14(2)12-16-9-11-17(14)10-3-4-13-5-7-15-8-6-13/h5-8,16H,3-4,9-12H2,1-2H3. The molecule has 3 heteroatoms. The number of pyridine rings is 1. The van der Waals surface area contributed by atoms with Crippen LogP contribution < -0.4 is 5.32 Å². The fourth-order valence-electron chi connectivity index (χ4n) is 2.46. The predicted octanol–water partition coefficient (Wildman–Crippen LogP) is 1.70. The smallest absolute Gasteiger partial charge is 0.0278 e. The summed E-state index contributed by atoms with van der Waals surface area (Å²) < 4.78 is 0. The number of hydrogen-bond donors (Lipinski definition) is 1. The Kier molecular flexibility index (Phi) is 4.13. The van der Waals surface area contributed by atoms with Gasteiger partial charge in [-0.1, -0.05) is 0 Å². The number of nitrogens with one attached hydrogen (secondary N) is 1. The van der Waals surface area contributed by atoms with Gasteiger partial charge in [-0.05, 0) is 50.9 Å². The number of aryl methyl sites for hydroxylation is 1. The van der Waals surface area contributed by atoms with Crippen LogP contribution in [0.25, 0.3) is 0 Å². The molecule has 0 atom stereocenters. The van der Waals surface area contributed by atoms with Crippen LogP contribution >= 0.6 is 0 Å². The Balaban J connectivity index is 1.78. The van der Waals surface area contributed by atoms with Crippen molar-refractivity contribution in [3.63, 3.8) is 0 Å². The fourth-order valence-corrected chi connectivity index (χ4v) is 2.46. The summed E-state index contributed by atoms with van der Waals surface area (Å²) in [5, 5.41) is 3.46. The van der Waals surface area contributed by atoms with Gasteiger partial charge in [-0.25, -0.2) is 0 Å². The van der Waals surface area contributed by atoms with Crippen molar-refractivity contribution in [2.45, 2.75) is 32.2 Å². The van der Waals surface area contributed by atoms with Crippen LogP contribution in [-0.4, -0.2) is 41.6 Å². The van der Waals surface area contributed by atoms with E-state index >= 15 is 0 Å². The largest absolute Gasteiger partial charge is 0.314 e. The average Bonchev–Trinajstić information content (AvgIpc) is 2.32. The lowest BCUT2D eigenvalue weighted by Crippen LogP contribution is -2.58.